The minimum Gasteiger partial charge on any atom is -0.363 e. The van der Waals surface area contributed by atoms with Crippen LogP contribution >= 0.6 is 0 Å². The van der Waals surface area contributed by atoms with E-state index in [9.17, 15) is 13.2 Å². The van der Waals surface area contributed by atoms with Crippen LogP contribution in [-0.4, -0.2) is 34.1 Å². The molecule has 3 heterocycles. The zero-order chi connectivity index (χ0) is 16.6. The molecular weight excluding hydrogens is 307 g/mol. The molecule has 0 bridgehead atoms. The number of aryl methyl sites for hydroxylation is 1. The van der Waals surface area contributed by atoms with Crippen molar-refractivity contribution < 1.29 is 13.2 Å². The predicted octanol–water partition coefficient (Wildman–Crippen LogP) is 2.81. The van der Waals surface area contributed by atoms with Gasteiger partial charge in [-0.2, -0.15) is 13.2 Å². The van der Waals surface area contributed by atoms with Crippen LogP contribution in [0, 0.1) is 13.8 Å². The molecule has 1 fully saturated rings. The summed E-state index contributed by atoms with van der Waals surface area (Å²) in [5.74, 6) is 1.10. The van der Waals surface area contributed by atoms with Gasteiger partial charge in [-0.25, -0.2) is 15.0 Å². The number of hydrogen-bond donors (Lipinski definition) is 1. The Labute approximate surface area is 131 Å². The van der Waals surface area contributed by atoms with E-state index in [2.05, 4.69) is 20.3 Å². The van der Waals surface area contributed by atoms with E-state index in [1.165, 1.54) is 12.5 Å². The van der Waals surface area contributed by atoms with Crippen molar-refractivity contribution in [1.82, 2.24) is 15.0 Å². The molecule has 0 spiro atoms. The van der Waals surface area contributed by atoms with E-state index < -0.39 is 11.7 Å². The van der Waals surface area contributed by atoms with Crippen molar-refractivity contribution in [3.63, 3.8) is 0 Å². The third kappa shape index (κ3) is 3.20. The Morgan fingerprint density at radius 2 is 1.91 bits per heavy atom. The first-order valence-corrected chi connectivity index (χ1v) is 7.17. The summed E-state index contributed by atoms with van der Waals surface area (Å²) < 4.78 is 38.2. The molecule has 0 aromatic carbocycles. The predicted molar refractivity (Wildman–Crippen MR) is 80.4 cm³/mol. The number of pyridine rings is 1. The molecule has 5 nitrogen and oxygen atoms in total. The summed E-state index contributed by atoms with van der Waals surface area (Å²) in [4.78, 5) is 14.1. The first kappa shape index (κ1) is 15.5. The molecule has 2 aromatic rings. The third-order valence-corrected chi connectivity index (χ3v) is 3.96. The van der Waals surface area contributed by atoms with Crippen LogP contribution < -0.4 is 10.2 Å². The van der Waals surface area contributed by atoms with Crippen molar-refractivity contribution in [2.75, 3.05) is 23.3 Å². The molecule has 122 valence electrons. The van der Waals surface area contributed by atoms with Crippen molar-refractivity contribution in [3.05, 3.63) is 41.5 Å². The second kappa shape index (κ2) is 5.68. The number of nitrogens with one attached hydrogen (secondary N) is 1. The summed E-state index contributed by atoms with van der Waals surface area (Å²) >= 11 is 0. The van der Waals surface area contributed by atoms with Gasteiger partial charge in [-0.05, 0) is 26.0 Å². The lowest BCUT2D eigenvalue weighted by atomic mass is 10.1. The minimum absolute atomic E-state index is 0.124. The number of nitrogens with zero attached hydrogens (tertiary/aromatic N) is 4. The van der Waals surface area contributed by atoms with E-state index in [0.717, 1.165) is 29.2 Å². The van der Waals surface area contributed by atoms with Gasteiger partial charge >= 0.3 is 6.18 Å². The van der Waals surface area contributed by atoms with Crippen molar-refractivity contribution in [2.24, 2.45) is 0 Å². The quantitative estimate of drug-likeness (QED) is 0.941. The Bertz CT molecular complexity index is 710. The average Bonchev–Trinajstić information content (AvgIpc) is 2.46. The molecule has 23 heavy (non-hydrogen) atoms. The van der Waals surface area contributed by atoms with Crippen molar-refractivity contribution in [1.29, 1.82) is 0 Å². The lowest BCUT2D eigenvalue weighted by Crippen LogP contribution is -2.55. The molecule has 0 unspecified atom stereocenters. The number of alkyl halides is 3. The molecule has 2 aromatic heterocycles. The molecule has 1 aliphatic rings. The van der Waals surface area contributed by atoms with E-state index in [0.29, 0.717) is 18.9 Å². The van der Waals surface area contributed by atoms with Crippen molar-refractivity contribution in [2.45, 2.75) is 26.1 Å². The molecule has 0 saturated carbocycles. The lowest BCUT2D eigenvalue weighted by Gasteiger charge is -2.41. The van der Waals surface area contributed by atoms with Gasteiger partial charge in [-0.1, -0.05) is 0 Å². The zero-order valence-electron chi connectivity index (χ0n) is 12.7. The topological polar surface area (TPSA) is 53.9 Å². The van der Waals surface area contributed by atoms with Gasteiger partial charge in [0.1, 0.15) is 18.0 Å². The van der Waals surface area contributed by atoms with E-state index in [1.54, 1.807) is 4.90 Å². The third-order valence-electron chi connectivity index (χ3n) is 3.96. The van der Waals surface area contributed by atoms with Crippen molar-refractivity contribution in [3.8, 4) is 0 Å². The summed E-state index contributed by atoms with van der Waals surface area (Å²) in [7, 11) is 0. The van der Waals surface area contributed by atoms with Crippen LogP contribution in [0.5, 0.6) is 0 Å². The zero-order valence-corrected chi connectivity index (χ0v) is 12.7. The molecule has 8 heteroatoms. The molecule has 0 radical (unpaired) electrons. The maximum atomic E-state index is 12.7. The lowest BCUT2D eigenvalue weighted by molar-refractivity contribution is -0.137. The number of rotatable bonds is 3. The highest BCUT2D eigenvalue weighted by molar-refractivity contribution is 5.50. The van der Waals surface area contributed by atoms with Gasteiger partial charge in [0.05, 0.1) is 11.6 Å². The fourth-order valence-corrected chi connectivity index (χ4v) is 2.40. The largest absolute Gasteiger partial charge is 0.416 e. The second-order valence-corrected chi connectivity index (χ2v) is 5.58. The molecule has 1 aliphatic heterocycles. The summed E-state index contributed by atoms with van der Waals surface area (Å²) in [5, 5.41) is 3.29. The first-order chi connectivity index (χ1) is 10.8. The number of aromatic nitrogens is 3. The standard InChI is InChI=1S/C15H16F3N5/c1-9-10(2)20-8-21-14(9)22-12-6-23(7-12)13-5-11(3-4-19-13)15(16,17)18/h3-5,8,12H,6-7H2,1-2H3,(H,20,21,22). The van der Waals surface area contributed by atoms with Crippen LogP contribution in [0.4, 0.5) is 24.8 Å². The SMILES string of the molecule is Cc1ncnc(NC2CN(c3cc(C(F)(F)F)ccn3)C2)c1C. The summed E-state index contributed by atoms with van der Waals surface area (Å²) in [6, 6.07) is 2.18. The fourth-order valence-electron chi connectivity index (χ4n) is 2.40. The van der Waals surface area contributed by atoms with Gasteiger partial charge in [-0.3, -0.25) is 0 Å². The second-order valence-electron chi connectivity index (χ2n) is 5.58. The number of hydrogen-bond acceptors (Lipinski definition) is 5. The van der Waals surface area contributed by atoms with Gasteiger partial charge in [0, 0.05) is 30.5 Å². The van der Waals surface area contributed by atoms with E-state index in [-0.39, 0.29) is 6.04 Å². The highest BCUT2D eigenvalue weighted by atomic mass is 19.4. The van der Waals surface area contributed by atoms with Crippen LogP contribution in [0.3, 0.4) is 0 Å². The summed E-state index contributed by atoms with van der Waals surface area (Å²) in [6.45, 7) is 5.00. The Hall–Kier alpha value is -2.38. The monoisotopic (exact) mass is 323 g/mol. The first-order valence-electron chi connectivity index (χ1n) is 7.17. The smallest absolute Gasteiger partial charge is 0.363 e. The van der Waals surface area contributed by atoms with Gasteiger partial charge in [0.2, 0.25) is 0 Å². The molecule has 1 N–H and O–H groups in total. The van der Waals surface area contributed by atoms with Crippen LogP contribution in [0.25, 0.3) is 0 Å². The summed E-state index contributed by atoms with van der Waals surface area (Å²) in [5.41, 5.74) is 1.20. The molecule has 0 aliphatic carbocycles. The van der Waals surface area contributed by atoms with Crippen molar-refractivity contribution >= 4 is 11.6 Å². The van der Waals surface area contributed by atoms with Crippen LogP contribution in [0.1, 0.15) is 16.8 Å². The van der Waals surface area contributed by atoms with E-state index in [1.807, 2.05) is 13.8 Å². The Morgan fingerprint density at radius 3 is 2.61 bits per heavy atom. The minimum atomic E-state index is -4.35. The molecule has 3 rings (SSSR count). The normalized spacial score (nSPS) is 15.4. The van der Waals surface area contributed by atoms with Gasteiger partial charge in [0.15, 0.2) is 0 Å². The number of anilines is 2. The molecule has 0 amide bonds. The average molecular weight is 323 g/mol. The molecule has 1 saturated heterocycles. The van der Waals surface area contributed by atoms with Gasteiger partial charge in [-0.15, -0.1) is 0 Å². The van der Waals surface area contributed by atoms with Crippen LogP contribution in [0.15, 0.2) is 24.7 Å². The molecular formula is C15H16F3N5. The Balaban J connectivity index is 1.64. The summed E-state index contributed by atoms with van der Waals surface area (Å²) in [6.07, 6.45) is -1.66. The fraction of sp³-hybridized carbons (Fsp3) is 0.400. The van der Waals surface area contributed by atoms with Gasteiger partial charge < -0.3 is 10.2 Å². The maximum absolute atomic E-state index is 12.7. The van der Waals surface area contributed by atoms with Crippen LogP contribution in [-0.2, 0) is 6.18 Å². The van der Waals surface area contributed by atoms with E-state index >= 15 is 0 Å². The highest BCUT2D eigenvalue weighted by Crippen LogP contribution is 2.32. The number of halogens is 3. The Morgan fingerprint density at radius 1 is 1.17 bits per heavy atom. The maximum Gasteiger partial charge on any atom is 0.416 e. The molecule has 0 atom stereocenters. The van der Waals surface area contributed by atoms with E-state index in [4.69, 9.17) is 0 Å². The highest BCUT2D eigenvalue weighted by Gasteiger charge is 2.33. The Kier molecular flexibility index (Phi) is 3.83. The van der Waals surface area contributed by atoms with Gasteiger partial charge in [0.25, 0.3) is 0 Å². The van der Waals surface area contributed by atoms with Crippen LogP contribution in [0.2, 0.25) is 0 Å².